The average molecular weight is 444 g/mol. The maximum Gasteiger partial charge on any atom is 0.246 e. The first-order valence-electron chi connectivity index (χ1n) is 11.6. The average Bonchev–Trinajstić information content (AvgIpc) is 3.54. The first-order chi connectivity index (χ1) is 16.3. The summed E-state index contributed by atoms with van der Waals surface area (Å²) < 4.78 is 7.60. The summed E-state index contributed by atoms with van der Waals surface area (Å²) in [6, 6.07) is 13.8. The Morgan fingerprint density at radius 1 is 1.09 bits per heavy atom. The molecule has 2 saturated heterocycles. The highest BCUT2D eigenvalue weighted by molar-refractivity contribution is 5.93. The summed E-state index contributed by atoms with van der Waals surface area (Å²) in [5.74, 6) is 0.0383. The highest BCUT2D eigenvalue weighted by Gasteiger charge is 2.24. The van der Waals surface area contributed by atoms with Gasteiger partial charge in [-0.1, -0.05) is 18.2 Å². The van der Waals surface area contributed by atoms with Crippen molar-refractivity contribution in [2.45, 2.75) is 18.9 Å². The van der Waals surface area contributed by atoms with Gasteiger partial charge in [0.25, 0.3) is 0 Å². The van der Waals surface area contributed by atoms with E-state index < -0.39 is 0 Å². The number of pyridine rings is 1. The smallest absolute Gasteiger partial charge is 0.246 e. The largest absolute Gasteiger partial charge is 0.377 e. The van der Waals surface area contributed by atoms with Gasteiger partial charge in [0.2, 0.25) is 5.91 Å². The molecule has 7 heteroatoms. The van der Waals surface area contributed by atoms with Crippen molar-refractivity contribution < 1.29 is 9.53 Å². The summed E-state index contributed by atoms with van der Waals surface area (Å²) in [6.45, 7) is 5.14. The van der Waals surface area contributed by atoms with E-state index in [0.717, 1.165) is 74.7 Å². The van der Waals surface area contributed by atoms with Crippen LogP contribution in [0, 0.1) is 0 Å². The van der Waals surface area contributed by atoms with Crippen molar-refractivity contribution in [3.8, 4) is 16.9 Å². The number of aromatic nitrogens is 3. The summed E-state index contributed by atoms with van der Waals surface area (Å²) in [7, 11) is 0. The Bertz CT molecular complexity index is 1080. The Morgan fingerprint density at radius 3 is 2.67 bits per heavy atom. The predicted molar refractivity (Wildman–Crippen MR) is 128 cm³/mol. The summed E-state index contributed by atoms with van der Waals surface area (Å²) in [5.41, 5.74) is 3.58. The lowest BCUT2D eigenvalue weighted by atomic mass is 10.1. The molecule has 0 bridgehead atoms. The molecule has 1 amide bonds. The minimum Gasteiger partial charge on any atom is -0.377 e. The van der Waals surface area contributed by atoms with Crippen LogP contribution in [0.5, 0.6) is 0 Å². The van der Waals surface area contributed by atoms with Crippen molar-refractivity contribution in [1.82, 2.24) is 24.6 Å². The molecule has 0 spiro atoms. The van der Waals surface area contributed by atoms with Crippen LogP contribution in [0.25, 0.3) is 23.0 Å². The van der Waals surface area contributed by atoms with Gasteiger partial charge in [0, 0.05) is 75.1 Å². The van der Waals surface area contributed by atoms with Gasteiger partial charge in [-0.2, -0.15) is 5.10 Å². The molecule has 1 aromatic carbocycles. The van der Waals surface area contributed by atoms with E-state index in [1.165, 1.54) is 0 Å². The summed E-state index contributed by atoms with van der Waals surface area (Å²) >= 11 is 0. The molecule has 33 heavy (non-hydrogen) atoms. The van der Waals surface area contributed by atoms with Crippen molar-refractivity contribution in [2.75, 3.05) is 39.3 Å². The van der Waals surface area contributed by atoms with Crippen molar-refractivity contribution in [3.63, 3.8) is 0 Å². The van der Waals surface area contributed by atoms with E-state index in [1.54, 1.807) is 18.5 Å². The number of carbonyl (C=O) groups excluding carboxylic acids is 1. The third-order valence-electron chi connectivity index (χ3n) is 6.27. The van der Waals surface area contributed by atoms with E-state index in [-0.39, 0.29) is 5.91 Å². The Balaban J connectivity index is 1.28. The molecule has 1 atom stereocenters. The number of hydrogen-bond acceptors (Lipinski definition) is 5. The Labute approximate surface area is 194 Å². The number of piperazine rings is 1. The Kier molecular flexibility index (Phi) is 6.60. The molecule has 7 nitrogen and oxygen atoms in total. The van der Waals surface area contributed by atoms with Gasteiger partial charge >= 0.3 is 0 Å². The molecule has 5 rings (SSSR count). The zero-order chi connectivity index (χ0) is 22.5. The topological polar surface area (TPSA) is 63.5 Å². The quantitative estimate of drug-likeness (QED) is 0.547. The summed E-state index contributed by atoms with van der Waals surface area (Å²) in [4.78, 5) is 21.5. The minimum atomic E-state index is 0.0383. The normalized spacial score (nSPS) is 19.4. The first-order valence-corrected chi connectivity index (χ1v) is 11.6. The fourth-order valence-corrected chi connectivity index (χ4v) is 4.44. The second-order valence-electron chi connectivity index (χ2n) is 8.55. The number of nitrogens with zero attached hydrogens (tertiary/aromatic N) is 5. The Hall–Kier alpha value is -3.29. The van der Waals surface area contributed by atoms with Crippen molar-refractivity contribution in [2.24, 2.45) is 0 Å². The molecule has 170 valence electrons. The number of hydrogen-bond donors (Lipinski definition) is 0. The van der Waals surface area contributed by atoms with Crippen LogP contribution in [0.3, 0.4) is 0 Å². The lowest BCUT2D eigenvalue weighted by Crippen LogP contribution is -2.50. The minimum absolute atomic E-state index is 0.0383. The van der Waals surface area contributed by atoms with Crippen molar-refractivity contribution >= 4 is 12.0 Å². The van der Waals surface area contributed by atoms with Crippen LogP contribution >= 0.6 is 0 Å². The molecule has 0 radical (unpaired) electrons. The second kappa shape index (κ2) is 10.1. The van der Waals surface area contributed by atoms with E-state index in [2.05, 4.69) is 9.88 Å². The molecule has 0 aliphatic carbocycles. The molecule has 2 fully saturated rings. The molecular formula is C26H29N5O2. The number of rotatable bonds is 6. The van der Waals surface area contributed by atoms with Crippen LogP contribution in [0.4, 0.5) is 0 Å². The van der Waals surface area contributed by atoms with E-state index in [9.17, 15) is 4.79 Å². The van der Waals surface area contributed by atoms with Crippen molar-refractivity contribution in [3.05, 3.63) is 72.7 Å². The molecule has 0 N–H and O–H groups in total. The van der Waals surface area contributed by atoms with Crippen LogP contribution in [-0.2, 0) is 9.53 Å². The maximum atomic E-state index is 12.9. The highest BCUT2D eigenvalue weighted by Crippen LogP contribution is 2.24. The third kappa shape index (κ3) is 5.21. The van der Waals surface area contributed by atoms with Crippen LogP contribution < -0.4 is 0 Å². The third-order valence-corrected chi connectivity index (χ3v) is 6.27. The van der Waals surface area contributed by atoms with Crippen molar-refractivity contribution in [1.29, 1.82) is 0 Å². The number of benzene rings is 1. The predicted octanol–water partition coefficient (Wildman–Crippen LogP) is 3.27. The number of amides is 1. The molecule has 2 aliphatic heterocycles. The maximum absolute atomic E-state index is 12.9. The zero-order valence-electron chi connectivity index (χ0n) is 18.7. The van der Waals surface area contributed by atoms with E-state index in [0.29, 0.717) is 6.10 Å². The Morgan fingerprint density at radius 2 is 1.94 bits per heavy atom. The zero-order valence-corrected chi connectivity index (χ0v) is 18.7. The molecule has 3 aromatic rings. The molecule has 1 unspecified atom stereocenters. The molecule has 2 aliphatic rings. The van der Waals surface area contributed by atoms with Gasteiger partial charge in [0.15, 0.2) is 0 Å². The number of ether oxygens (including phenoxy) is 1. The monoisotopic (exact) mass is 443 g/mol. The van der Waals surface area contributed by atoms with Crippen LogP contribution in [0.2, 0.25) is 0 Å². The second-order valence-corrected chi connectivity index (χ2v) is 8.55. The fraction of sp³-hybridized carbons (Fsp3) is 0.346. The van der Waals surface area contributed by atoms with Crippen LogP contribution in [-0.4, -0.2) is 75.9 Å². The lowest BCUT2D eigenvalue weighted by Gasteiger charge is -2.35. The SMILES string of the molecule is O=C(C=Cc1cn(-c2ccccc2)nc1-c1cccnc1)N1CCN(CC2CCCO2)CC1. The van der Waals surface area contributed by atoms with Gasteiger partial charge in [-0.15, -0.1) is 0 Å². The van der Waals surface area contributed by atoms with E-state index >= 15 is 0 Å². The van der Waals surface area contributed by atoms with Gasteiger partial charge in [0.1, 0.15) is 5.69 Å². The summed E-state index contributed by atoms with van der Waals surface area (Å²) in [6.07, 6.45) is 11.7. The van der Waals surface area contributed by atoms with Gasteiger partial charge in [-0.3, -0.25) is 14.7 Å². The summed E-state index contributed by atoms with van der Waals surface area (Å²) in [5, 5.41) is 4.78. The number of para-hydroxylation sites is 1. The van der Waals surface area contributed by atoms with Gasteiger partial charge in [0.05, 0.1) is 11.8 Å². The highest BCUT2D eigenvalue weighted by atomic mass is 16.5. The van der Waals surface area contributed by atoms with Crippen LogP contribution in [0.1, 0.15) is 18.4 Å². The lowest BCUT2D eigenvalue weighted by molar-refractivity contribution is -0.127. The fourth-order valence-electron chi connectivity index (χ4n) is 4.44. The first kappa shape index (κ1) is 21.6. The molecule has 0 saturated carbocycles. The molecule has 4 heterocycles. The van der Waals surface area contributed by atoms with E-state index in [4.69, 9.17) is 9.84 Å². The van der Waals surface area contributed by atoms with Gasteiger partial charge in [-0.05, 0) is 43.2 Å². The molecular weight excluding hydrogens is 414 g/mol. The number of carbonyl (C=O) groups is 1. The van der Waals surface area contributed by atoms with Gasteiger partial charge < -0.3 is 9.64 Å². The van der Waals surface area contributed by atoms with Crippen LogP contribution in [0.15, 0.2) is 67.1 Å². The molecule has 2 aromatic heterocycles. The van der Waals surface area contributed by atoms with Gasteiger partial charge in [-0.25, -0.2) is 4.68 Å². The van der Waals surface area contributed by atoms with E-state index in [1.807, 2.05) is 64.3 Å². The standard InChI is InChI=1S/C26H29N5O2/c32-25(30-15-13-29(14-16-30)20-24-9-5-17-33-24)11-10-22-19-31(23-7-2-1-3-8-23)28-26(22)21-6-4-12-27-18-21/h1-4,6-8,10-12,18-19,24H,5,9,13-17,20H2.